The highest BCUT2D eigenvalue weighted by Gasteiger charge is 2.47. The Kier molecular flexibility index (Phi) is 8.24. The van der Waals surface area contributed by atoms with Crippen LogP contribution < -0.4 is 14.5 Å². The molecule has 0 bridgehead atoms. The molecule has 0 radical (unpaired) electrons. The van der Waals surface area contributed by atoms with Gasteiger partial charge in [0.25, 0.3) is 0 Å². The van der Waals surface area contributed by atoms with Crippen LogP contribution >= 0.6 is 0 Å². The maximum absolute atomic E-state index is 13.4. The second-order valence-corrected chi connectivity index (χ2v) is 12.5. The summed E-state index contributed by atoms with van der Waals surface area (Å²) >= 11 is 0. The Bertz CT molecular complexity index is 1550. The van der Waals surface area contributed by atoms with Gasteiger partial charge in [-0.3, -0.25) is 9.59 Å². The molecule has 0 saturated carbocycles. The number of likely N-dealkylation sites (N-methyl/N-ethyl adjacent to an activating group) is 1. The summed E-state index contributed by atoms with van der Waals surface area (Å²) in [4.78, 5) is 43.8. The molecule has 1 aliphatic carbocycles. The Morgan fingerprint density at radius 2 is 2.02 bits per heavy atom. The van der Waals surface area contributed by atoms with Crippen LogP contribution in [0.2, 0.25) is 0 Å². The van der Waals surface area contributed by atoms with Gasteiger partial charge in [-0.05, 0) is 63.9 Å². The molecule has 4 heterocycles. The van der Waals surface area contributed by atoms with Crippen molar-refractivity contribution in [2.24, 2.45) is 5.41 Å². The first kappa shape index (κ1) is 29.6. The molecule has 3 unspecified atom stereocenters. The van der Waals surface area contributed by atoms with Gasteiger partial charge in [0.05, 0.1) is 35.5 Å². The van der Waals surface area contributed by atoms with E-state index >= 15 is 0 Å². The molecular weight excluding hydrogens is 556 g/mol. The Labute approximate surface area is 258 Å². The number of carbonyl (C=O) groups excluding carboxylic acids is 2. The van der Waals surface area contributed by atoms with E-state index in [1.807, 2.05) is 18.2 Å². The average Bonchev–Trinajstić information content (AvgIpc) is 3.60. The molecule has 3 saturated heterocycles. The van der Waals surface area contributed by atoms with Crippen LogP contribution in [-0.4, -0.2) is 90.0 Å². The van der Waals surface area contributed by atoms with Crippen molar-refractivity contribution in [3.05, 3.63) is 53.7 Å². The first-order valence-corrected chi connectivity index (χ1v) is 15.4. The van der Waals surface area contributed by atoms with E-state index in [2.05, 4.69) is 35.6 Å². The zero-order chi connectivity index (χ0) is 30.8. The molecule has 3 atom stereocenters. The van der Waals surface area contributed by atoms with E-state index in [1.54, 1.807) is 15.9 Å². The number of amides is 2. The third-order valence-electron chi connectivity index (χ3n) is 9.78. The maximum Gasteiger partial charge on any atom is 0.318 e. The molecule has 0 N–H and O–H groups in total. The van der Waals surface area contributed by atoms with Gasteiger partial charge in [0.1, 0.15) is 18.5 Å². The third-order valence-corrected chi connectivity index (χ3v) is 9.78. The summed E-state index contributed by atoms with van der Waals surface area (Å²) in [6, 6.07) is 12.1. The van der Waals surface area contributed by atoms with Crippen molar-refractivity contribution in [3.8, 4) is 18.1 Å². The molecule has 2 amide bonds. The van der Waals surface area contributed by atoms with Gasteiger partial charge in [-0.25, -0.2) is 0 Å². The summed E-state index contributed by atoms with van der Waals surface area (Å²) < 4.78 is 6.27. The number of fused-ring (bicyclic) bond motifs is 1. The van der Waals surface area contributed by atoms with Gasteiger partial charge in [0.2, 0.25) is 11.8 Å². The van der Waals surface area contributed by atoms with Crippen LogP contribution in [0.1, 0.15) is 48.9 Å². The molecular formula is C33H38N8O3. The number of benzene rings is 1. The minimum absolute atomic E-state index is 0.0218. The fourth-order valence-electron chi connectivity index (χ4n) is 7.36. The van der Waals surface area contributed by atoms with E-state index in [0.717, 1.165) is 42.9 Å². The molecule has 228 valence electrons. The van der Waals surface area contributed by atoms with E-state index in [4.69, 9.17) is 14.7 Å². The van der Waals surface area contributed by atoms with Crippen LogP contribution in [0.3, 0.4) is 0 Å². The van der Waals surface area contributed by atoms with Crippen molar-refractivity contribution in [1.29, 1.82) is 10.5 Å². The molecule has 1 spiro atoms. The van der Waals surface area contributed by atoms with Gasteiger partial charge < -0.3 is 24.3 Å². The van der Waals surface area contributed by atoms with Crippen LogP contribution in [0.25, 0.3) is 0 Å². The van der Waals surface area contributed by atoms with Crippen molar-refractivity contribution in [2.75, 3.05) is 56.2 Å². The van der Waals surface area contributed by atoms with Gasteiger partial charge >= 0.3 is 6.01 Å². The lowest BCUT2D eigenvalue weighted by molar-refractivity contribution is -0.128. The number of hydrogen-bond acceptors (Lipinski definition) is 9. The van der Waals surface area contributed by atoms with Crippen molar-refractivity contribution in [3.63, 3.8) is 0 Å². The summed E-state index contributed by atoms with van der Waals surface area (Å²) in [5, 5.41) is 19.2. The second-order valence-electron chi connectivity index (χ2n) is 12.5. The fraction of sp³-hybridized carbons (Fsp3) is 0.515. The molecule has 1 aromatic carbocycles. The summed E-state index contributed by atoms with van der Waals surface area (Å²) in [6.45, 7) is 7.21. The SMILES string of the molecule is C=CC(=O)N1CCN(c2nc(OCC3CCCN3C)nc3c2CCC2(CC(=O)N(c4ccccc4C#N)C2)C3)CC1CC#N. The highest BCUT2D eigenvalue weighted by atomic mass is 16.5. The zero-order valence-corrected chi connectivity index (χ0v) is 25.2. The highest BCUT2D eigenvalue weighted by Crippen LogP contribution is 2.46. The lowest BCUT2D eigenvalue weighted by Crippen LogP contribution is -2.55. The molecule has 6 rings (SSSR count). The quantitative estimate of drug-likeness (QED) is 0.444. The minimum Gasteiger partial charge on any atom is -0.462 e. The smallest absolute Gasteiger partial charge is 0.318 e. The number of aromatic nitrogens is 2. The predicted molar refractivity (Wildman–Crippen MR) is 164 cm³/mol. The second kappa shape index (κ2) is 12.3. The monoisotopic (exact) mass is 594 g/mol. The number of para-hydroxylation sites is 1. The topological polar surface area (TPSA) is 130 Å². The van der Waals surface area contributed by atoms with Gasteiger partial charge in [0, 0.05) is 49.6 Å². The van der Waals surface area contributed by atoms with E-state index in [0.29, 0.717) is 75.4 Å². The summed E-state index contributed by atoms with van der Waals surface area (Å²) in [7, 11) is 2.11. The van der Waals surface area contributed by atoms with Crippen molar-refractivity contribution < 1.29 is 14.3 Å². The van der Waals surface area contributed by atoms with Gasteiger partial charge in [-0.1, -0.05) is 18.7 Å². The first-order chi connectivity index (χ1) is 21.3. The third kappa shape index (κ3) is 5.60. The number of ether oxygens (including phenoxy) is 1. The first-order valence-electron chi connectivity index (χ1n) is 15.4. The minimum atomic E-state index is -0.306. The lowest BCUT2D eigenvalue weighted by atomic mass is 9.72. The molecule has 3 fully saturated rings. The van der Waals surface area contributed by atoms with Gasteiger partial charge in [-0.2, -0.15) is 20.5 Å². The van der Waals surface area contributed by atoms with Crippen molar-refractivity contribution in [1.82, 2.24) is 19.8 Å². The van der Waals surface area contributed by atoms with E-state index in [-0.39, 0.29) is 29.7 Å². The van der Waals surface area contributed by atoms with Crippen LogP contribution in [0.4, 0.5) is 11.5 Å². The van der Waals surface area contributed by atoms with Crippen LogP contribution in [0.5, 0.6) is 6.01 Å². The molecule has 1 aromatic heterocycles. The number of hydrogen-bond donors (Lipinski definition) is 0. The van der Waals surface area contributed by atoms with E-state index < -0.39 is 0 Å². The molecule has 3 aliphatic heterocycles. The summed E-state index contributed by atoms with van der Waals surface area (Å²) in [6.07, 6.45) is 6.20. The predicted octanol–water partition coefficient (Wildman–Crippen LogP) is 2.85. The Hall–Kier alpha value is -4.48. The van der Waals surface area contributed by atoms with E-state index in [9.17, 15) is 20.1 Å². The van der Waals surface area contributed by atoms with Gasteiger partial charge in [-0.15, -0.1) is 0 Å². The number of carbonyl (C=O) groups is 2. The number of anilines is 2. The zero-order valence-electron chi connectivity index (χ0n) is 25.2. The molecule has 11 nitrogen and oxygen atoms in total. The van der Waals surface area contributed by atoms with Crippen LogP contribution in [0, 0.1) is 28.1 Å². The number of rotatable bonds is 7. The van der Waals surface area contributed by atoms with Gasteiger partial charge in [0.15, 0.2) is 0 Å². The fourth-order valence-corrected chi connectivity index (χ4v) is 7.36. The van der Waals surface area contributed by atoms with Crippen molar-refractivity contribution >= 4 is 23.3 Å². The van der Waals surface area contributed by atoms with Crippen molar-refractivity contribution in [2.45, 2.75) is 57.0 Å². The number of nitrogens with zero attached hydrogens (tertiary/aromatic N) is 8. The Morgan fingerprint density at radius 1 is 1.18 bits per heavy atom. The standard InChI is InChI=1S/C33H38N8O3/c1-3-29(42)40-16-15-39(20-24(40)11-13-34)31-26-10-12-33(18-30(43)41(22-33)28-9-5-4-7-23(28)19-35)17-27(26)36-32(37-31)44-21-25-8-6-14-38(25)2/h3-5,7,9,24-25H,1,6,8,10-12,14-18,20-22H2,2H3. The Balaban J connectivity index is 1.31. The number of nitriles is 2. The number of piperazine rings is 1. The van der Waals surface area contributed by atoms with E-state index in [1.165, 1.54) is 6.08 Å². The average molecular weight is 595 g/mol. The normalized spacial score (nSPS) is 25.1. The molecule has 44 heavy (non-hydrogen) atoms. The van der Waals surface area contributed by atoms with Crippen LogP contribution in [-0.2, 0) is 22.4 Å². The molecule has 11 heteroatoms. The summed E-state index contributed by atoms with van der Waals surface area (Å²) in [5.41, 5.74) is 2.78. The lowest BCUT2D eigenvalue weighted by Gasteiger charge is -2.42. The summed E-state index contributed by atoms with van der Waals surface area (Å²) in [5.74, 6) is 0.646. The molecule has 4 aliphatic rings. The Morgan fingerprint density at radius 3 is 2.77 bits per heavy atom. The maximum atomic E-state index is 13.4. The number of likely N-dealkylation sites (tertiary alicyclic amines) is 1. The van der Waals surface area contributed by atoms with Crippen LogP contribution in [0.15, 0.2) is 36.9 Å². The largest absolute Gasteiger partial charge is 0.462 e. The molecule has 2 aromatic rings. The highest BCUT2D eigenvalue weighted by molar-refractivity contribution is 5.97.